The minimum atomic E-state index is -0.407. The van der Waals surface area contributed by atoms with Crippen molar-refractivity contribution in [2.24, 2.45) is 0 Å². The van der Waals surface area contributed by atoms with Crippen LogP contribution in [0.5, 0.6) is 11.5 Å². The Hall–Kier alpha value is -2.97. The van der Waals surface area contributed by atoms with Crippen molar-refractivity contribution in [3.63, 3.8) is 0 Å². The first-order valence-corrected chi connectivity index (χ1v) is 8.98. The van der Waals surface area contributed by atoms with Crippen molar-refractivity contribution in [2.45, 2.75) is 6.04 Å². The standard InChI is InChI=1S/C20H19FN2O5/c21-14-1-4-16(5-2-14)27-10-7-19-20(22-8-11-26-12-9-22)17-13-15(23(24)25)3-6-18(17)28-19/h1-7,13,20H,8-12H2/b19-7-/t20-/m0/s1. The van der Waals surface area contributed by atoms with Gasteiger partial charge in [0.2, 0.25) is 0 Å². The number of fused-ring (bicyclic) bond motifs is 1. The molecule has 0 unspecified atom stereocenters. The summed E-state index contributed by atoms with van der Waals surface area (Å²) in [4.78, 5) is 13.0. The molecule has 2 aromatic rings. The van der Waals surface area contributed by atoms with Crippen LogP contribution >= 0.6 is 0 Å². The molecule has 28 heavy (non-hydrogen) atoms. The van der Waals surface area contributed by atoms with Gasteiger partial charge in [-0.3, -0.25) is 15.0 Å². The molecule has 8 heteroatoms. The van der Waals surface area contributed by atoms with E-state index in [1.165, 1.54) is 18.2 Å². The predicted octanol–water partition coefficient (Wildman–Crippen LogP) is 3.46. The number of benzene rings is 2. The summed E-state index contributed by atoms with van der Waals surface area (Å²) in [6.45, 7) is 2.83. The Morgan fingerprint density at radius 3 is 2.68 bits per heavy atom. The van der Waals surface area contributed by atoms with Crippen LogP contribution in [-0.4, -0.2) is 42.7 Å². The molecular formula is C20H19FN2O5. The zero-order valence-electron chi connectivity index (χ0n) is 15.0. The first kappa shape index (κ1) is 18.4. The molecule has 1 saturated heterocycles. The van der Waals surface area contributed by atoms with Gasteiger partial charge in [0.15, 0.2) is 0 Å². The maximum Gasteiger partial charge on any atom is 0.270 e. The molecular weight excluding hydrogens is 367 g/mol. The quantitative estimate of drug-likeness (QED) is 0.579. The van der Waals surface area contributed by atoms with E-state index < -0.39 is 4.92 Å². The van der Waals surface area contributed by atoms with Crippen molar-refractivity contribution in [1.29, 1.82) is 0 Å². The number of non-ortho nitro benzene ring substituents is 1. The molecule has 2 heterocycles. The minimum absolute atomic E-state index is 0.0319. The largest absolute Gasteiger partial charge is 0.489 e. The van der Waals surface area contributed by atoms with E-state index >= 15 is 0 Å². The topological polar surface area (TPSA) is 74.1 Å². The van der Waals surface area contributed by atoms with Crippen molar-refractivity contribution in [2.75, 3.05) is 32.9 Å². The van der Waals surface area contributed by atoms with Gasteiger partial charge < -0.3 is 14.2 Å². The van der Waals surface area contributed by atoms with E-state index in [1.807, 2.05) is 6.08 Å². The highest BCUT2D eigenvalue weighted by molar-refractivity contribution is 5.51. The maximum absolute atomic E-state index is 13.0. The summed E-state index contributed by atoms with van der Waals surface area (Å²) in [5, 5.41) is 11.2. The maximum atomic E-state index is 13.0. The summed E-state index contributed by atoms with van der Waals surface area (Å²) in [6.07, 6.45) is 1.81. The van der Waals surface area contributed by atoms with Gasteiger partial charge in [-0.05, 0) is 36.4 Å². The SMILES string of the molecule is O=[N+]([O-])c1ccc2c(c1)[C@H](N1CCOCC1)/C(=C/COc1ccc(F)cc1)O2. The van der Waals surface area contributed by atoms with E-state index in [0.29, 0.717) is 43.6 Å². The monoisotopic (exact) mass is 386 g/mol. The lowest BCUT2D eigenvalue weighted by molar-refractivity contribution is -0.384. The molecule has 2 aliphatic rings. The molecule has 2 aliphatic heterocycles. The molecule has 0 saturated carbocycles. The van der Waals surface area contributed by atoms with Crippen LogP contribution in [0.15, 0.2) is 54.3 Å². The van der Waals surface area contributed by atoms with Gasteiger partial charge in [0.1, 0.15) is 29.7 Å². The van der Waals surface area contributed by atoms with Gasteiger partial charge in [-0.25, -0.2) is 4.39 Å². The highest BCUT2D eigenvalue weighted by Crippen LogP contribution is 2.44. The summed E-state index contributed by atoms with van der Waals surface area (Å²) in [6, 6.07) is 10.2. The second-order valence-corrected chi connectivity index (χ2v) is 6.50. The summed E-state index contributed by atoms with van der Waals surface area (Å²) < 4.78 is 30.1. The first-order valence-electron chi connectivity index (χ1n) is 8.98. The number of halogens is 1. The predicted molar refractivity (Wildman–Crippen MR) is 98.8 cm³/mol. The average Bonchev–Trinajstić information content (AvgIpc) is 3.07. The first-order chi connectivity index (χ1) is 13.6. The van der Waals surface area contributed by atoms with Crippen LogP contribution in [0.3, 0.4) is 0 Å². The Kier molecular flexibility index (Phi) is 5.23. The third-order valence-electron chi connectivity index (χ3n) is 4.76. The molecule has 2 aromatic carbocycles. The Morgan fingerprint density at radius 2 is 1.96 bits per heavy atom. The van der Waals surface area contributed by atoms with E-state index in [0.717, 1.165) is 5.56 Å². The normalized spacial score (nSPS) is 20.6. The van der Waals surface area contributed by atoms with Crippen molar-refractivity contribution in [3.05, 3.63) is 75.8 Å². The van der Waals surface area contributed by atoms with Crippen molar-refractivity contribution in [3.8, 4) is 11.5 Å². The Morgan fingerprint density at radius 1 is 1.21 bits per heavy atom. The minimum Gasteiger partial charge on any atom is -0.489 e. The Balaban J connectivity index is 1.57. The van der Waals surface area contributed by atoms with Crippen LogP contribution in [0.2, 0.25) is 0 Å². The van der Waals surface area contributed by atoms with Crippen LogP contribution in [0.1, 0.15) is 11.6 Å². The number of morpholine rings is 1. The lowest BCUT2D eigenvalue weighted by atomic mass is 10.0. The molecule has 0 aromatic heterocycles. The smallest absolute Gasteiger partial charge is 0.270 e. The number of ether oxygens (including phenoxy) is 3. The van der Waals surface area contributed by atoms with Gasteiger partial charge in [0.25, 0.3) is 5.69 Å². The van der Waals surface area contributed by atoms with Crippen molar-refractivity contribution < 1.29 is 23.5 Å². The third-order valence-corrected chi connectivity index (χ3v) is 4.76. The van der Waals surface area contributed by atoms with Crippen molar-refractivity contribution in [1.82, 2.24) is 4.90 Å². The number of hydrogen-bond donors (Lipinski definition) is 0. The second kappa shape index (κ2) is 7.95. The van der Waals surface area contributed by atoms with Gasteiger partial charge in [0, 0.05) is 30.8 Å². The number of hydrogen-bond acceptors (Lipinski definition) is 6. The highest BCUT2D eigenvalue weighted by Gasteiger charge is 2.36. The molecule has 0 amide bonds. The van der Waals surface area contributed by atoms with Crippen LogP contribution in [-0.2, 0) is 4.74 Å². The van der Waals surface area contributed by atoms with Gasteiger partial charge in [0.05, 0.1) is 24.2 Å². The summed E-state index contributed by atoms with van der Waals surface area (Å²) in [5.74, 6) is 1.50. The number of nitro groups is 1. The van der Waals surface area contributed by atoms with Gasteiger partial charge >= 0.3 is 0 Å². The highest BCUT2D eigenvalue weighted by atomic mass is 19.1. The summed E-state index contributed by atoms with van der Waals surface area (Å²) >= 11 is 0. The average molecular weight is 386 g/mol. The molecule has 0 N–H and O–H groups in total. The molecule has 0 spiro atoms. The molecule has 1 atom stereocenters. The van der Waals surface area contributed by atoms with Gasteiger partial charge in [-0.15, -0.1) is 0 Å². The van der Waals surface area contributed by atoms with Crippen molar-refractivity contribution >= 4 is 5.69 Å². The van der Waals surface area contributed by atoms with Crippen LogP contribution in [0.25, 0.3) is 0 Å². The van der Waals surface area contributed by atoms with E-state index in [9.17, 15) is 14.5 Å². The number of nitro benzene ring substituents is 1. The van der Waals surface area contributed by atoms with Gasteiger partial charge in [-0.1, -0.05) is 0 Å². The summed E-state index contributed by atoms with van der Waals surface area (Å²) in [5.41, 5.74) is 0.800. The van der Waals surface area contributed by atoms with E-state index in [2.05, 4.69) is 4.90 Å². The lowest BCUT2D eigenvalue weighted by Gasteiger charge is -2.32. The lowest BCUT2D eigenvalue weighted by Crippen LogP contribution is -2.39. The second-order valence-electron chi connectivity index (χ2n) is 6.50. The van der Waals surface area contributed by atoms with E-state index in [4.69, 9.17) is 14.2 Å². The molecule has 0 radical (unpaired) electrons. The molecule has 0 aliphatic carbocycles. The number of nitrogens with zero attached hydrogens (tertiary/aromatic N) is 2. The van der Waals surface area contributed by atoms with E-state index in [1.54, 1.807) is 24.3 Å². The Labute approximate surface area is 161 Å². The fourth-order valence-corrected chi connectivity index (χ4v) is 3.41. The number of rotatable bonds is 5. The summed E-state index contributed by atoms with van der Waals surface area (Å²) in [7, 11) is 0. The zero-order valence-corrected chi connectivity index (χ0v) is 15.0. The third kappa shape index (κ3) is 3.83. The van der Waals surface area contributed by atoms with Gasteiger partial charge in [-0.2, -0.15) is 0 Å². The Bertz CT molecular complexity index is 894. The molecule has 7 nitrogen and oxygen atoms in total. The molecule has 1 fully saturated rings. The molecule has 146 valence electrons. The fraction of sp³-hybridized carbons (Fsp3) is 0.300. The van der Waals surface area contributed by atoms with Crippen LogP contribution < -0.4 is 9.47 Å². The fourth-order valence-electron chi connectivity index (χ4n) is 3.41. The zero-order chi connectivity index (χ0) is 19.5. The van der Waals surface area contributed by atoms with Crippen LogP contribution in [0, 0.1) is 15.9 Å². The molecule has 0 bridgehead atoms. The van der Waals surface area contributed by atoms with E-state index in [-0.39, 0.29) is 24.2 Å². The molecule has 4 rings (SSSR count). The van der Waals surface area contributed by atoms with Crippen LogP contribution in [0.4, 0.5) is 10.1 Å².